The Bertz CT molecular complexity index is 664. The lowest BCUT2D eigenvalue weighted by Gasteiger charge is -2.41. The van der Waals surface area contributed by atoms with Gasteiger partial charge in [0.15, 0.2) is 0 Å². The molecule has 116 valence electrons. The van der Waals surface area contributed by atoms with Crippen molar-refractivity contribution in [2.45, 2.75) is 25.1 Å². The number of likely N-dealkylation sites (N-methyl/N-ethyl adjacent to an activating group) is 1. The van der Waals surface area contributed by atoms with E-state index in [2.05, 4.69) is 0 Å². The highest BCUT2D eigenvalue weighted by atomic mass is 19.4. The molecule has 3 rings (SSSR count). The van der Waals surface area contributed by atoms with Crippen molar-refractivity contribution in [1.29, 1.82) is 0 Å². The summed E-state index contributed by atoms with van der Waals surface area (Å²) in [6.07, 6.45) is -4.22. The molecule has 0 aliphatic carbocycles. The number of aryl methyl sites for hydroxylation is 1. The van der Waals surface area contributed by atoms with Crippen molar-refractivity contribution < 1.29 is 13.2 Å². The van der Waals surface area contributed by atoms with Gasteiger partial charge in [0.1, 0.15) is 0 Å². The number of fused-ring (bicyclic) bond motifs is 1. The third-order valence-corrected chi connectivity index (χ3v) is 4.43. The molecule has 0 saturated carbocycles. The molecular formula is C18H18F3N. The Morgan fingerprint density at radius 3 is 2.32 bits per heavy atom. The largest absolute Gasteiger partial charge is 0.396 e. The number of hydrogen-bond acceptors (Lipinski definition) is 1. The molecule has 2 aromatic carbocycles. The topological polar surface area (TPSA) is 3.24 Å². The van der Waals surface area contributed by atoms with Crippen LogP contribution in [0.15, 0.2) is 48.5 Å². The first-order valence-corrected chi connectivity index (χ1v) is 7.31. The van der Waals surface area contributed by atoms with Crippen molar-refractivity contribution in [2.75, 3.05) is 13.6 Å². The highest BCUT2D eigenvalue weighted by Crippen LogP contribution is 2.46. The van der Waals surface area contributed by atoms with Crippen LogP contribution in [0.25, 0.3) is 0 Å². The van der Waals surface area contributed by atoms with Gasteiger partial charge in [-0.15, -0.1) is 0 Å². The summed E-state index contributed by atoms with van der Waals surface area (Å²) in [5.74, 6) is -1.42. The molecule has 0 spiro atoms. The van der Waals surface area contributed by atoms with Gasteiger partial charge in [0.05, 0.1) is 12.0 Å². The number of rotatable bonds is 1. The lowest BCUT2D eigenvalue weighted by atomic mass is 9.80. The molecule has 22 heavy (non-hydrogen) atoms. The van der Waals surface area contributed by atoms with Crippen LogP contribution in [0.3, 0.4) is 0 Å². The number of alkyl halides is 3. The van der Waals surface area contributed by atoms with E-state index < -0.39 is 12.1 Å². The maximum absolute atomic E-state index is 13.4. The molecule has 4 heteroatoms. The number of halogens is 3. The van der Waals surface area contributed by atoms with Crippen LogP contribution in [-0.2, 0) is 0 Å². The van der Waals surface area contributed by atoms with E-state index in [1.807, 2.05) is 48.2 Å². The van der Waals surface area contributed by atoms with E-state index in [9.17, 15) is 13.2 Å². The van der Waals surface area contributed by atoms with Crippen molar-refractivity contribution in [1.82, 2.24) is 4.90 Å². The van der Waals surface area contributed by atoms with Gasteiger partial charge in [-0.3, -0.25) is 4.90 Å². The molecule has 0 radical (unpaired) electrons. The molecule has 0 aromatic heterocycles. The SMILES string of the molecule is Cc1cccc2c1C(c1ccccc1)N(C)CC2C(F)(F)F. The van der Waals surface area contributed by atoms with Crippen LogP contribution < -0.4 is 0 Å². The first-order valence-electron chi connectivity index (χ1n) is 7.31. The summed E-state index contributed by atoms with van der Waals surface area (Å²) >= 11 is 0. The molecule has 2 aromatic rings. The summed E-state index contributed by atoms with van der Waals surface area (Å²) < 4.78 is 40.3. The number of nitrogens with zero attached hydrogens (tertiary/aromatic N) is 1. The fourth-order valence-electron chi connectivity index (χ4n) is 3.43. The molecule has 1 nitrogen and oxygen atoms in total. The van der Waals surface area contributed by atoms with Crippen molar-refractivity contribution in [3.05, 3.63) is 70.8 Å². The highest BCUT2D eigenvalue weighted by molar-refractivity contribution is 5.46. The summed E-state index contributed by atoms with van der Waals surface area (Å²) in [5.41, 5.74) is 3.15. The minimum absolute atomic E-state index is 0.0144. The number of hydrogen-bond donors (Lipinski definition) is 0. The van der Waals surface area contributed by atoms with Gasteiger partial charge in [-0.25, -0.2) is 0 Å². The normalized spacial score (nSPS) is 22.4. The Kier molecular flexibility index (Phi) is 3.73. The third-order valence-electron chi connectivity index (χ3n) is 4.43. The first kappa shape index (κ1) is 15.1. The summed E-state index contributed by atoms with van der Waals surface area (Å²) in [6, 6.07) is 14.8. The van der Waals surface area contributed by atoms with Crippen LogP contribution in [0.2, 0.25) is 0 Å². The third kappa shape index (κ3) is 2.52. The predicted molar refractivity (Wildman–Crippen MR) is 80.9 cm³/mol. The Hall–Kier alpha value is -1.81. The number of benzene rings is 2. The average Bonchev–Trinajstić information content (AvgIpc) is 2.47. The van der Waals surface area contributed by atoms with Gasteiger partial charge in [0, 0.05) is 6.54 Å². The monoisotopic (exact) mass is 305 g/mol. The van der Waals surface area contributed by atoms with Crippen LogP contribution in [0.1, 0.15) is 34.2 Å². The second-order valence-corrected chi connectivity index (χ2v) is 5.92. The van der Waals surface area contributed by atoms with Gasteiger partial charge in [-0.1, -0.05) is 48.5 Å². The van der Waals surface area contributed by atoms with Gasteiger partial charge in [0.2, 0.25) is 0 Å². The maximum Gasteiger partial charge on any atom is 0.396 e. The molecule has 2 unspecified atom stereocenters. The zero-order valence-corrected chi connectivity index (χ0v) is 12.6. The van der Waals surface area contributed by atoms with Crippen LogP contribution in [0, 0.1) is 6.92 Å². The van der Waals surface area contributed by atoms with E-state index in [0.717, 1.165) is 16.7 Å². The zero-order chi connectivity index (χ0) is 15.9. The van der Waals surface area contributed by atoms with E-state index in [1.165, 1.54) is 0 Å². The molecular weight excluding hydrogens is 287 g/mol. The fraction of sp³-hybridized carbons (Fsp3) is 0.333. The molecule has 1 aliphatic rings. The van der Waals surface area contributed by atoms with Gasteiger partial charge in [-0.2, -0.15) is 13.2 Å². The van der Waals surface area contributed by atoms with E-state index in [0.29, 0.717) is 5.56 Å². The van der Waals surface area contributed by atoms with Crippen LogP contribution >= 0.6 is 0 Å². The Morgan fingerprint density at radius 2 is 1.68 bits per heavy atom. The molecule has 1 aliphatic heterocycles. The van der Waals surface area contributed by atoms with Crippen molar-refractivity contribution >= 4 is 0 Å². The van der Waals surface area contributed by atoms with Crippen molar-refractivity contribution in [3.63, 3.8) is 0 Å². The Balaban J connectivity index is 2.19. The molecule has 2 atom stereocenters. The van der Waals surface area contributed by atoms with Gasteiger partial charge in [0.25, 0.3) is 0 Å². The summed E-state index contributed by atoms with van der Waals surface area (Å²) in [7, 11) is 1.77. The summed E-state index contributed by atoms with van der Waals surface area (Å²) in [6.45, 7) is 1.88. The first-order chi connectivity index (χ1) is 10.4. The van der Waals surface area contributed by atoms with Gasteiger partial charge < -0.3 is 0 Å². The lowest BCUT2D eigenvalue weighted by molar-refractivity contribution is -0.157. The van der Waals surface area contributed by atoms with E-state index in [1.54, 1.807) is 19.2 Å². The molecule has 0 N–H and O–H groups in total. The molecule has 1 heterocycles. The quantitative estimate of drug-likeness (QED) is 0.739. The van der Waals surface area contributed by atoms with Crippen molar-refractivity contribution in [2.24, 2.45) is 0 Å². The molecule has 0 fully saturated rings. The second kappa shape index (κ2) is 5.43. The Morgan fingerprint density at radius 1 is 1.00 bits per heavy atom. The minimum atomic E-state index is -4.22. The zero-order valence-electron chi connectivity index (χ0n) is 12.6. The fourth-order valence-corrected chi connectivity index (χ4v) is 3.43. The predicted octanol–water partition coefficient (Wildman–Crippen LogP) is 4.68. The molecule has 0 saturated heterocycles. The minimum Gasteiger partial charge on any atom is -0.294 e. The standard InChI is InChI=1S/C18H18F3N/c1-12-7-6-10-14-15(18(19,20)21)11-22(2)17(16(12)14)13-8-4-3-5-9-13/h3-10,15,17H,11H2,1-2H3. The van der Waals surface area contributed by atoms with Crippen LogP contribution in [0.4, 0.5) is 13.2 Å². The average molecular weight is 305 g/mol. The summed E-state index contributed by atoms with van der Waals surface area (Å²) in [5, 5.41) is 0. The maximum atomic E-state index is 13.4. The van der Waals surface area contributed by atoms with Gasteiger partial charge >= 0.3 is 6.18 Å². The van der Waals surface area contributed by atoms with E-state index in [4.69, 9.17) is 0 Å². The van der Waals surface area contributed by atoms with Crippen LogP contribution in [0.5, 0.6) is 0 Å². The lowest BCUT2D eigenvalue weighted by Crippen LogP contribution is -2.41. The molecule has 0 bridgehead atoms. The van der Waals surface area contributed by atoms with E-state index >= 15 is 0 Å². The van der Waals surface area contributed by atoms with Crippen LogP contribution in [-0.4, -0.2) is 24.7 Å². The second-order valence-electron chi connectivity index (χ2n) is 5.92. The van der Waals surface area contributed by atoms with E-state index in [-0.39, 0.29) is 12.6 Å². The highest BCUT2D eigenvalue weighted by Gasteiger charge is 2.46. The summed E-state index contributed by atoms with van der Waals surface area (Å²) in [4.78, 5) is 1.81. The Labute approximate surface area is 128 Å². The molecule has 0 amide bonds. The van der Waals surface area contributed by atoms with Crippen molar-refractivity contribution in [3.8, 4) is 0 Å². The smallest absolute Gasteiger partial charge is 0.294 e. The van der Waals surface area contributed by atoms with Gasteiger partial charge in [-0.05, 0) is 36.2 Å².